The Morgan fingerprint density at radius 2 is 1.78 bits per heavy atom. The van der Waals surface area contributed by atoms with E-state index in [0.717, 1.165) is 0 Å². The third kappa shape index (κ3) is 6.11. The Morgan fingerprint density at radius 1 is 1.14 bits per heavy atom. The van der Waals surface area contributed by atoms with Crippen LogP contribution in [0.25, 0.3) is 16.8 Å². The van der Waals surface area contributed by atoms with Crippen molar-refractivity contribution in [3.8, 4) is 28.4 Å². The molecular weight excluding hydrogens is 476 g/mol. The highest BCUT2D eigenvalue weighted by Gasteiger charge is 2.27. The van der Waals surface area contributed by atoms with Gasteiger partial charge in [-0.3, -0.25) is 4.79 Å². The van der Waals surface area contributed by atoms with Crippen LogP contribution in [0.15, 0.2) is 24.5 Å². The molecule has 2 heterocycles. The molecule has 2 aromatic heterocycles. The predicted molar refractivity (Wildman–Crippen MR) is 132 cm³/mol. The number of benzene rings is 1. The summed E-state index contributed by atoms with van der Waals surface area (Å²) in [6.45, 7) is 5.83. The van der Waals surface area contributed by atoms with E-state index in [1.165, 1.54) is 37.0 Å². The number of halogens is 2. The van der Waals surface area contributed by atoms with E-state index in [9.17, 15) is 18.7 Å². The molecule has 0 saturated heterocycles. The number of hydrogen-bond acceptors (Lipinski definition) is 8. The van der Waals surface area contributed by atoms with Gasteiger partial charge in [0.2, 0.25) is 0 Å². The lowest BCUT2D eigenvalue weighted by molar-refractivity contribution is -0.0502. The van der Waals surface area contributed by atoms with Gasteiger partial charge in [0.1, 0.15) is 23.2 Å². The lowest BCUT2D eigenvalue weighted by Gasteiger charge is -2.27. The predicted octanol–water partition coefficient (Wildman–Crippen LogP) is 3.97. The molecule has 1 aromatic carbocycles. The van der Waals surface area contributed by atoms with Crippen LogP contribution < -0.4 is 24.8 Å². The summed E-state index contributed by atoms with van der Waals surface area (Å²) in [7, 11) is 4.35. The van der Waals surface area contributed by atoms with Gasteiger partial charge in [-0.2, -0.15) is 13.9 Å². The van der Waals surface area contributed by atoms with Crippen LogP contribution in [0, 0.1) is 0 Å². The maximum Gasteiger partial charge on any atom is 0.387 e. The summed E-state index contributed by atoms with van der Waals surface area (Å²) >= 11 is 0. The minimum absolute atomic E-state index is 0.0413. The van der Waals surface area contributed by atoms with Crippen LogP contribution in [0.1, 0.15) is 45.0 Å². The summed E-state index contributed by atoms with van der Waals surface area (Å²) in [4.78, 5) is 16.9. The molecule has 198 valence electrons. The van der Waals surface area contributed by atoms with Crippen LogP contribution in [-0.4, -0.2) is 65.1 Å². The van der Waals surface area contributed by atoms with Crippen LogP contribution in [-0.2, 0) is 0 Å². The number of aliphatic hydroxyl groups is 1. The number of anilines is 1. The van der Waals surface area contributed by atoms with E-state index in [1.54, 1.807) is 34.0 Å². The van der Waals surface area contributed by atoms with E-state index in [1.807, 2.05) is 13.8 Å². The van der Waals surface area contributed by atoms with Gasteiger partial charge in [0.25, 0.3) is 5.91 Å². The standard InChI is InChI=1S/C22H27F2N5O5.C2H6/c1-11(22(2,3)31)33-16-10-29-19(28-18(16)25-4)13(9-27-29)12-7-14(32-6)17(20(30)26-5)15(8-12)34-21(23)24;1-2/h7-11,21,31H,1-6H3,(H,25,28)(H,26,30);1-2H3. The molecular formula is C24H33F2N5O5. The van der Waals surface area contributed by atoms with Gasteiger partial charge >= 0.3 is 6.61 Å². The van der Waals surface area contributed by atoms with Crippen molar-refractivity contribution < 1.29 is 32.9 Å². The normalized spacial score (nSPS) is 12.0. The van der Waals surface area contributed by atoms with Gasteiger partial charge in [0, 0.05) is 19.7 Å². The zero-order chi connectivity index (χ0) is 27.2. The molecule has 3 aromatic rings. The maximum atomic E-state index is 13.1. The first-order valence-corrected chi connectivity index (χ1v) is 11.3. The highest BCUT2D eigenvalue weighted by molar-refractivity contribution is 6.01. The Hall–Kier alpha value is -3.67. The molecule has 0 bridgehead atoms. The summed E-state index contributed by atoms with van der Waals surface area (Å²) in [5.41, 5.74) is -0.0156. The van der Waals surface area contributed by atoms with Gasteiger partial charge in [-0.15, -0.1) is 0 Å². The number of alkyl halides is 2. The number of rotatable bonds is 9. The number of fused-ring (bicyclic) bond motifs is 1. The molecule has 3 N–H and O–H groups in total. The molecule has 36 heavy (non-hydrogen) atoms. The molecule has 0 radical (unpaired) electrons. The van der Waals surface area contributed by atoms with Crippen molar-refractivity contribution in [2.45, 2.75) is 52.9 Å². The van der Waals surface area contributed by atoms with Gasteiger partial charge in [-0.25, -0.2) is 9.50 Å². The molecule has 0 saturated carbocycles. The van der Waals surface area contributed by atoms with Crippen LogP contribution in [0.4, 0.5) is 14.6 Å². The number of nitrogens with zero attached hydrogens (tertiary/aromatic N) is 3. The van der Waals surface area contributed by atoms with Gasteiger partial charge in [-0.05, 0) is 38.5 Å². The quantitative estimate of drug-likeness (QED) is 0.397. The molecule has 0 fully saturated rings. The number of carbonyl (C=O) groups is 1. The van der Waals surface area contributed by atoms with Crippen molar-refractivity contribution in [1.29, 1.82) is 0 Å². The summed E-state index contributed by atoms with van der Waals surface area (Å²) in [5, 5.41) is 19.8. The van der Waals surface area contributed by atoms with Crippen LogP contribution in [0.2, 0.25) is 0 Å². The Bertz CT molecular complexity index is 1190. The average molecular weight is 510 g/mol. The molecule has 12 heteroatoms. The lowest BCUT2D eigenvalue weighted by Crippen LogP contribution is -2.38. The number of aromatic nitrogens is 3. The topological polar surface area (TPSA) is 119 Å². The number of nitrogens with one attached hydrogen (secondary N) is 2. The van der Waals surface area contributed by atoms with E-state index in [0.29, 0.717) is 28.3 Å². The monoisotopic (exact) mass is 509 g/mol. The maximum absolute atomic E-state index is 13.1. The second kappa shape index (κ2) is 11.8. The zero-order valence-electron chi connectivity index (χ0n) is 21.6. The molecule has 1 unspecified atom stereocenters. The number of carbonyl (C=O) groups excluding carboxylic acids is 1. The van der Waals surface area contributed by atoms with Crippen molar-refractivity contribution in [3.05, 3.63) is 30.1 Å². The highest BCUT2D eigenvalue weighted by Crippen LogP contribution is 2.38. The fraction of sp³-hybridized carbons (Fsp3) is 0.458. The summed E-state index contributed by atoms with van der Waals surface area (Å²) in [6.07, 6.45) is 2.53. The Morgan fingerprint density at radius 3 is 2.31 bits per heavy atom. The minimum Gasteiger partial charge on any atom is -0.496 e. The zero-order valence-corrected chi connectivity index (χ0v) is 21.6. The lowest BCUT2D eigenvalue weighted by atomic mass is 10.0. The first kappa shape index (κ1) is 28.6. The Labute approximate surface area is 208 Å². The number of hydrogen-bond donors (Lipinski definition) is 3. The van der Waals surface area contributed by atoms with Crippen molar-refractivity contribution in [1.82, 2.24) is 19.9 Å². The first-order chi connectivity index (χ1) is 17.0. The Balaban J connectivity index is 0.00000222. The minimum atomic E-state index is -3.15. The summed E-state index contributed by atoms with van der Waals surface area (Å²) in [5.74, 6) is -0.218. The number of methoxy groups -OCH3 is 1. The van der Waals surface area contributed by atoms with E-state index in [2.05, 4.69) is 25.5 Å². The fourth-order valence-electron chi connectivity index (χ4n) is 3.14. The molecule has 10 nitrogen and oxygen atoms in total. The van der Waals surface area contributed by atoms with Crippen LogP contribution in [0.5, 0.6) is 17.2 Å². The smallest absolute Gasteiger partial charge is 0.387 e. The van der Waals surface area contributed by atoms with Gasteiger partial charge in [0.05, 0.1) is 25.1 Å². The van der Waals surface area contributed by atoms with Crippen molar-refractivity contribution in [2.24, 2.45) is 0 Å². The van der Waals surface area contributed by atoms with Gasteiger partial charge in [0.15, 0.2) is 17.2 Å². The summed E-state index contributed by atoms with van der Waals surface area (Å²) in [6, 6.07) is 2.82. The van der Waals surface area contributed by atoms with Crippen molar-refractivity contribution >= 4 is 17.4 Å². The molecule has 0 aliphatic rings. The van der Waals surface area contributed by atoms with Crippen LogP contribution >= 0.6 is 0 Å². The van der Waals surface area contributed by atoms with E-state index in [-0.39, 0.29) is 17.1 Å². The van der Waals surface area contributed by atoms with Crippen molar-refractivity contribution in [3.63, 3.8) is 0 Å². The number of amides is 1. The SMILES string of the molecule is CC.CNC(=O)c1c(OC)cc(-c2cnn3cc(OC(C)C(C)(C)O)c(NC)nc23)cc1OC(F)F. The second-order valence-corrected chi connectivity index (χ2v) is 7.95. The molecule has 3 rings (SSSR count). The van der Waals surface area contributed by atoms with Gasteiger partial charge in [-0.1, -0.05) is 13.8 Å². The van der Waals surface area contributed by atoms with E-state index in [4.69, 9.17) is 9.47 Å². The Kier molecular flexibility index (Phi) is 9.40. The van der Waals surface area contributed by atoms with E-state index >= 15 is 0 Å². The molecule has 1 atom stereocenters. The molecule has 0 aliphatic carbocycles. The molecule has 1 amide bonds. The van der Waals surface area contributed by atoms with Crippen LogP contribution in [0.3, 0.4) is 0 Å². The highest BCUT2D eigenvalue weighted by atomic mass is 19.3. The molecule has 0 spiro atoms. The van der Waals surface area contributed by atoms with Gasteiger partial charge < -0.3 is 30.0 Å². The van der Waals surface area contributed by atoms with Crippen molar-refractivity contribution in [2.75, 3.05) is 26.5 Å². The second-order valence-electron chi connectivity index (χ2n) is 7.95. The molecule has 0 aliphatic heterocycles. The first-order valence-electron chi connectivity index (χ1n) is 11.3. The average Bonchev–Trinajstić information content (AvgIpc) is 3.25. The largest absolute Gasteiger partial charge is 0.496 e. The van der Waals surface area contributed by atoms with E-state index < -0.39 is 24.2 Å². The summed E-state index contributed by atoms with van der Waals surface area (Å²) < 4.78 is 43.4. The fourth-order valence-corrected chi connectivity index (χ4v) is 3.14. The third-order valence-electron chi connectivity index (χ3n) is 5.26. The number of ether oxygens (including phenoxy) is 3. The third-order valence-corrected chi connectivity index (χ3v) is 5.26.